The highest BCUT2D eigenvalue weighted by atomic mass is 19.1. The summed E-state index contributed by atoms with van der Waals surface area (Å²) in [7, 11) is 0. The summed E-state index contributed by atoms with van der Waals surface area (Å²) in [6.07, 6.45) is -0.177. The summed E-state index contributed by atoms with van der Waals surface area (Å²) in [4.78, 5) is 14.5. The van der Waals surface area contributed by atoms with Crippen molar-refractivity contribution in [2.24, 2.45) is 0 Å². The van der Waals surface area contributed by atoms with Crippen LogP contribution in [-0.2, 0) is 0 Å². The number of aryl methyl sites for hydroxylation is 1. The fourth-order valence-corrected chi connectivity index (χ4v) is 1.97. The fraction of sp³-hybridized carbons (Fsp3) is 0.0714. The van der Waals surface area contributed by atoms with E-state index in [1.165, 1.54) is 24.3 Å². The van der Waals surface area contributed by atoms with E-state index in [2.05, 4.69) is 4.98 Å². The lowest BCUT2D eigenvalue weighted by molar-refractivity contribution is -0.386. The molecule has 0 bridgehead atoms. The Morgan fingerprint density at radius 1 is 1.33 bits per heavy atom. The minimum atomic E-state index is -0.535. The first-order valence-electron chi connectivity index (χ1n) is 6.02. The number of halogens is 1. The van der Waals surface area contributed by atoms with Gasteiger partial charge in [-0.2, -0.15) is 4.98 Å². The zero-order valence-electron chi connectivity index (χ0n) is 10.9. The Hall–Kier alpha value is -2.96. The Labute approximate surface area is 117 Å². The number of rotatable bonds is 3. The van der Waals surface area contributed by atoms with Crippen LogP contribution in [0.25, 0.3) is 11.1 Å². The van der Waals surface area contributed by atoms with Crippen LogP contribution < -0.4 is 4.74 Å². The van der Waals surface area contributed by atoms with E-state index in [0.717, 1.165) is 0 Å². The molecule has 0 spiro atoms. The van der Waals surface area contributed by atoms with Crippen LogP contribution in [0.4, 0.5) is 10.1 Å². The molecule has 2 aromatic carbocycles. The number of oxazole rings is 1. The molecule has 0 saturated heterocycles. The fourth-order valence-electron chi connectivity index (χ4n) is 1.97. The van der Waals surface area contributed by atoms with E-state index in [0.29, 0.717) is 11.1 Å². The molecule has 1 aromatic heterocycles. The molecule has 21 heavy (non-hydrogen) atoms. The van der Waals surface area contributed by atoms with E-state index < -0.39 is 10.7 Å². The molecule has 0 aliphatic carbocycles. The minimum absolute atomic E-state index is 0.0204. The van der Waals surface area contributed by atoms with Gasteiger partial charge in [0.2, 0.25) is 5.75 Å². The van der Waals surface area contributed by atoms with Crippen molar-refractivity contribution >= 4 is 16.8 Å². The topological polar surface area (TPSA) is 78.4 Å². The Kier molecular flexibility index (Phi) is 3.02. The normalized spacial score (nSPS) is 10.8. The first-order chi connectivity index (χ1) is 10.0. The number of nitro groups is 1. The monoisotopic (exact) mass is 288 g/mol. The maximum Gasteiger partial charge on any atom is 0.400 e. The molecule has 0 unspecified atom stereocenters. The van der Waals surface area contributed by atoms with Crippen molar-refractivity contribution in [2.45, 2.75) is 6.92 Å². The second-order valence-corrected chi connectivity index (χ2v) is 4.37. The second-order valence-electron chi connectivity index (χ2n) is 4.37. The lowest BCUT2D eigenvalue weighted by Gasteiger charge is -2.03. The van der Waals surface area contributed by atoms with Gasteiger partial charge in [0.05, 0.1) is 4.92 Å². The average molecular weight is 288 g/mol. The third-order valence-corrected chi connectivity index (χ3v) is 2.91. The smallest absolute Gasteiger partial charge is 0.400 e. The van der Waals surface area contributed by atoms with Gasteiger partial charge in [-0.3, -0.25) is 10.1 Å². The van der Waals surface area contributed by atoms with Crippen LogP contribution >= 0.6 is 0 Å². The first kappa shape index (κ1) is 13.0. The zero-order chi connectivity index (χ0) is 15.0. The maximum absolute atomic E-state index is 13.1. The summed E-state index contributed by atoms with van der Waals surface area (Å²) in [6, 6.07) is 8.50. The molecule has 0 amide bonds. The first-order valence-corrected chi connectivity index (χ1v) is 6.02. The zero-order valence-corrected chi connectivity index (χ0v) is 10.9. The molecule has 0 aliphatic heterocycles. The van der Waals surface area contributed by atoms with Crippen LogP contribution in [0.2, 0.25) is 0 Å². The number of fused-ring (bicyclic) bond motifs is 1. The lowest BCUT2D eigenvalue weighted by Crippen LogP contribution is -1.95. The number of hydrogen-bond donors (Lipinski definition) is 0. The molecule has 3 rings (SSSR count). The summed E-state index contributed by atoms with van der Waals surface area (Å²) in [5.41, 5.74) is 0.910. The maximum atomic E-state index is 13.1. The van der Waals surface area contributed by atoms with Crippen molar-refractivity contribution < 1.29 is 18.5 Å². The number of benzene rings is 2. The van der Waals surface area contributed by atoms with Crippen LogP contribution in [0, 0.1) is 22.9 Å². The van der Waals surface area contributed by atoms with Gasteiger partial charge >= 0.3 is 11.8 Å². The Balaban J connectivity index is 2.02. The summed E-state index contributed by atoms with van der Waals surface area (Å²) in [6.45, 7) is 1.60. The molecular formula is C14H9FN2O4. The molecule has 0 aliphatic rings. The summed E-state index contributed by atoms with van der Waals surface area (Å²) in [5.74, 6) is -0.434. The molecule has 0 radical (unpaired) electrons. The highest BCUT2D eigenvalue weighted by Gasteiger charge is 2.20. The van der Waals surface area contributed by atoms with Crippen LogP contribution in [0.1, 0.15) is 5.56 Å². The van der Waals surface area contributed by atoms with Crippen molar-refractivity contribution in [1.29, 1.82) is 0 Å². The number of para-hydroxylation sites is 1. The van der Waals surface area contributed by atoms with Gasteiger partial charge in [-0.25, -0.2) is 4.39 Å². The summed E-state index contributed by atoms with van der Waals surface area (Å²) >= 11 is 0. The number of nitrogens with zero attached hydrogens (tertiary/aromatic N) is 2. The molecule has 6 nitrogen and oxygen atoms in total. The van der Waals surface area contributed by atoms with Gasteiger partial charge in [-0.15, -0.1) is 0 Å². The van der Waals surface area contributed by atoms with Gasteiger partial charge in [-0.1, -0.05) is 12.1 Å². The number of aromatic nitrogens is 1. The van der Waals surface area contributed by atoms with Crippen molar-refractivity contribution in [1.82, 2.24) is 4.98 Å². The van der Waals surface area contributed by atoms with Crippen LogP contribution in [0.3, 0.4) is 0 Å². The van der Waals surface area contributed by atoms with Gasteiger partial charge < -0.3 is 9.15 Å². The largest absolute Gasteiger partial charge is 0.409 e. The Bertz CT molecular complexity index is 844. The number of ether oxygens (including phenoxy) is 1. The van der Waals surface area contributed by atoms with E-state index >= 15 is 0 Å². The van der Waals surface area contributed by atoms with E-state index in [-0.39, 0.29) is 23.0 Å². The highest BCUT2D eigenvalue weighted by molar-refractivity contribution is 5.73. The van der Waals surface area contributed by atoms with Gasteiger partial charge in [-0.05, 0) is 25.1 Å². The van der Waals surface area contributed by atoms with Crippen LogP contribution in [0.15, 0.2) is 40.8 Å². The van der Waals surface area contributed by atoms with E-state index in [4.69, 9.17) is 9.15 Å². The predicted octanol–water partition coefficient (Wildman–Crippen LogP) is 3.98. The van der Waals surface area contributed by atoms with E-state index in [9.17, 15) is 14.5 Å². The molecule has 0 fully saturated rings. The molecule has 3 aromatic rings. The number of hydrogen-bond acceptors (Lipinski definition) is 5. The van der Waals surface area contributed by atoms with Crippen molar-refractivity contribution in [3.8, 4) is 11.8 Å². The standard InChI is InChI=1S/C14H9FN2O4/c1-8-3-2-4-12(13(8)17(18)19)21-14-16-10-7-9(15)5-6-11(10)20-14/h2-7H,1H3. The molecule has 106 valence electrons. The molecule has 0 saturated carbocycles. The van der Waals surface area contributed by atoms with Gasteiger partial charge in [0, 0.05) is 11.6 Å². The molecular weight excluding hydrogens is 279 g/mol. The highest BCUT2D eigenvalue weighted by Crippen LogP contribution is 2.34. The summed E-state index contributed by atoms with van der Waals surface area (Å²) < 4.78 is 23.7. The number of nitro benzene ring substituents is 1. The molecule has 0 atom stereocenters. The van der Waals surface area contributed by atoms with Gasteiger partial charge in [0.1, 0.15) is 11.3 Å². The third-order valence-electron chi connectivity index (χ3n) is 2.91. The van der Waals surface area contributed by atoms with Crippen molar-refractivity contribution in [3.63, 3.8) is 0 Å². The summed E-state index contributed by atoms with van der Waals surface area (Å²) in [5, 5.41) is 11.1. The molecule has 1 heterocycles. The molecule has 0 N–H and O–H groups in total. The van der Waals surface area contributed by atoms with E-state index in [1.807, 2.05) is 0 Å². The van der Waals surface area contributed by atoms with Crippen molar-refractivity contribution in [3.05, 3.63) is 57.9 Å². The SMILES string of the molecule is Cc1cccc(Oc2nc3cc(F)ccc3o2)c1[N+](=O)[O-]. The van der Waals surface area contributed by atoms with Crippen molar-refractivity contribution in [2.75, 3.05) is 0 Å². The molecule has 7 heteroatoms. The quantitative estimate of drug-likeness (QED) is 0.538. The Morgan fingerprint density at radius 2 is 2.14 bits per heavy atom. The van der Waals surface area contributed by atoms with E-state index in [1.54, 1.807) is 19.1 Å². The van der Waals surface area contributed by atoms with Crippen LogP contribution in [-0.4, -0.2) is 9.91 Å². The second kappa shape index (κ2) is 4.86. The predicted molar refractivity (Wildman–Crippen MR) is 71.9 cm³/mol. The lowest BCUT2D eigenvalue weighted by atomic mass is 10.2. The van der Waals surface area contributed by atoms with Gasteiger partial charge in [0.25, 0.3) is 0 Å². The minimum Gasteiger partial charge on any atom is -0.409 e. The Morgan fingerprint density at radius 3 is 2.90 bits per heavy atom. The van der Waals surface area contributed by atoms with Crippen LogP contribution in [0.5, 0.6) is 11.8 Å². The average Bonchev–Trinajstić information content (AvgIpc) is 2.79. The third kappa shape index (κ3) is 2.40. The van der Waals surface area contributed by atoms with Gasteiger partial charge in [0.15, 0.2) is 5.58 Å².